The minimum absolute atomic E-state index is 0.122. The third-order valence-electron chi connectivity index (χ3n) is 5.16. The lowest BCUT2D eigenvalue weighted by molar-refractivity contribution is -0.139. The molecule has 1 aliphatic heterocycles. The summed E-state index contributed by atoms with van der Waals surface area (Å²) in [7, 11) is 0. The van der Waals surface area contributed by atoms with Crippen molar-refractivity contribution in [2.45, 2.75) is 26.8 Å². The van der Waals surface area contributed by atoms with Crippen LogP contribution in [0.3, 0.4) is 0 Å². The van der Waals surface area contributed by atoms with Crippen LogP contribution in [-0.2, 0) is 14.3 Å². The van der Waals surface area contributed by atoms with E-state index in [0.29, 0.717) is 26.3 Å². The number of halogens is 1. The fourth-order valence-corrected chi connectivity index (χ4v) is 4.78. The molecule has 0 aliphatic carbocycles. The largest absolute Gasteiger partial charge is 0.463 e. The lowest BCUT2D eigenvalue weighted by atomic mass is 9.95. The predicted molar refractivity (Wildman–Crippen MR) is 125 cm³/mol. The Kier molecular flexibility index (Phi) is 6.56. The van der Waals surface area contributed by atoms with E-state index in [2.05, 4.69) is 4.99 Å². The maximum absolute atomic E-state index is 14.9. The van der Waals surface area contributed by atoms with Gasteiger partial charge in [-0.15, -0.1) is 0 Å². The lowest BCUT2D eigenvalue weighted by Gasteiger charge is -2.24. The normalized spacial score (nSPS) is 15.5. The molecular weight excluding hydrogens is 459 g/mol. The van der Waals surface area contributed by atoms with Gasteiger partial charge in [-0.25, -0.2) is 14.2 Å². The average molecular weight is 481 g/mol. The summed E-state index contributed by atoms with van der Waals surface area (Å²) in [5, 5.41) is 0. The number of rotatable bonds is 5. The Labute approximate surface area is 198 Å². The Hall–Kier alpha value is -3.85. The number of esters is 2. The van der Waals surface area contributed by atoms with E-state index in [9.17, 15) is 18.8 Å². The van der Waals surface area contributed by atoms with E-state index in [1.807, 2.05) is 0 Å². The monoisotopic (exact) mass is 480 g/mol. The second kappa shape index (κ2) is 9.56. The van der Waals surface area contributed by atoms with E-state index in [-0.39, 0.29) is 17.7 Å². The molecule has 0 saturated carbocycles. The van der Waals surface area contributed by atoms with E-state index in [0.717, 1.165) is 11.3 Å². The first kappa shape index (κ1) is 23.3. The van der Waals surface area contributed by atoms with E-state index in [1.54, 1.807) is 62.4 Å². The summed E-state index contributed by atoms with van der Waals surface area (Å²) in [4.78, 5) is 42.2. The summed E-state index contributed by atoms with van der Waals surface area (Å²) in [5.74, 6) is -1.23. The number of allylic oxidation sites excluding steroid dienone is 1. The molecule has 0 amide bonds. The van der Waals surface area contributed by atoms with Crippen molar-refractivity contribution in [2.24, 2.45) is 4.99 Å². The Morgan fingerprint density at radius 1 is 1.18 bits per heavy atom. The van der Waals surface area contributed by atoms with Crippen molar-refractivity contribution in [3.63, 3.8) is 0 Å². The zero-order valence-corrected chi connectivity index (χ0v) is 19.5. The number of aromatic nitrogens is 1. The Morgan fingerprint density at radius 2 is 1.88 bits per heavy atom. The molecule has 1 atom stereocenters. The van der Waals surface area contributed by atoms with Gasteiger partial charge in [-0.05, 0) is 43.7 Å². The van der Waals surface area contributed by atoms with Crippen LogP contribution < -0.4 is 19.6 Å². The second-order valence-corrected chi connectivity index (χ2v) is 8.50. The molecule has 0 N–H and O–H groups in total. The molecule has 2 aromatic carbocycles. The topological polar surface area (TPSA) is 87.0 Å². The number of benzene rings is 2. The molecule has 0 radical (unpaired) electrons. The van der Waals surface area contributed by atoms with Crippen LogP contribution >= 0.6 is 11.3 Å². The number of carbonyl (C=O) groups excluding carboxylic acids is 2. The first-order valence-electron chi connectivity index (χ1n) is 10.5. The molecule has 2 heterocycles. The average Bonchev–Trinajstić information content (AvgIpc) is 3.09. The fourth-order valence-electron chi connectivity index (χ4n) is 3.73. The molecule has 0 spiro atoms. The van der Waals surface area contributed by atoms with Crippen LogP contribution in [0.1, 0.15) is 37.9 Å². The van der Waals surface area contributed by atoms with Crippen molar-refractivity contribution >= 4 is 29.4 Å². The number of thiazole rings is 1. The van der Waals surface area contributed by atoms with Gasteiger partial charge in [0.1, 0.15) is 17.6 Å². The summed E-state index contributed by atoms with van der Waals surface area (Å²) in [5.41, 5.74) is 0.959. The van der Waals surface area contributed by atoms with Gasteiger partial charge in [0.2, 0.25) is 0 Å². The molecule has 9 heteroatoms. The van der Waals surface area contributed by atoms with Crippen LogP contribution in [0.2, 0.25) is 0 Å². The summed E-state index contributed by atoms with van der Waals surface area (Å²) in [6.07, 6.45) is 1.67. The van der Waals surface area contributed by atoms with Crippen molar-refractivity contribution < 1.29 is 23.5 Å². The molecule has 174 valence electrons. The van der Waals surface area contributed by atoms with Gasteiger partial charge in [0.25, 0.3) is 5.56 Å². The van der Waals surface area contributed by atoms with E-state index >= 15 is 0 Å². The van der Waals surface area contributed by atoms with Gasteiger partial charge >= 0.3 is 11.9 Å². The van der Waals surface area contributed by atoms with Gasteiger partial charge in [0.15, 0.2) is 4.80 Å². The van der Waals surface area contributed by atoms with Crippen molar-refractivity contribution in [3.05, 3.63) is 96.4 Å². The number of hydrogen-bond acceptors (Lipinski definition) is 7. The summed E-state index contributed by atoms with van der Waals surface area (Å²) in [6.45, 7) is 4.76. The summed E-state index contributed by atoms with van der Waals surface area (Å²) < 4.78 is 26.8. The molecule has 1 unspecified atom stereocenters. The third-order valence-corrected chi connectivity index (χ3v) is 6.14. The van der Waals surface area contributed by atoms with Crippen molar-refractivity contribution in [2.75, 3.05) is 6.61 Å². The van der Waals surface area contributed by atoms with Crippen LogP contribution in [0, 0.1) is 5.82 Å². The van der Waals surface area contributed by atoms with Gasteiger partial charge in [0, 0.05) is 12.5 Å². The van der Waals surface area contributed by atoms with Gasteiger partial charge in [-0.2, -0.15) is 0 Å². The van der Waals surface area contributed by atoms with E-state index < -0.39 is 29.4 Å². The van der Waals surface area contributed by atoms with Crippen LogP contribution in [0.5, 0.6) is 5.75 Å². The zero-order chi connectivity index (χ0) is 24.4. The first-order chi connectivity index (χ1) is 16.3. The van der Waals surface area contributed by atoms with Crippen molar-refractivity contribution in [3.8, 4) is 5.75 Å². The number of nitrogens with zero attached hydrogens (tertiary/aromatic N) is 2. The summed E-state index contributed by atoms with van der Waals surface area (Å²) >= 11 is 1.14. The highest BCUT2D eigenvalue weighted by Gasteiger charge is 2.34. The number of hydrogen-bond donors (Lipinski definition) is 0. The van der Waals surface area contributed by atoms with Crippen molar-refractivity contribution in [1.82, 2.24) is 4.57 Å². The number of ether oxygens (including phenoxy) is 2. The van der Waals surface area contributed by atoms with Gasteiger partial charge in [-0.1, -0.05) is 41.7 Å². The van der Waals surface area contributed by atoms with E-state index in [4.69, 9.17) is 9.47 Å². The van der Waals surface area contributed by atoms with Crippen LogP contribution in [0.4, 0.5) is 4.39 Å². The molecule has 7 nitrogen and oxygen atoms in total. The molecule has 0 fully saturated rings. The molecule has 34 heavy (non-hydrogen) atoms. The Morgan fingerprint density at radius 3 is 2.53 bits per heavy atom. The quantitative estimate of drug-likeness (QED) is 0.414. The minimum Gasteiger partial charge on any atom is -0.463 e. The predicted octanol–water partition coefficient (Wildman–Crippen LogP) is 2.86. The minimum atomic E-state index is -1.01. The molecule has 0 saturated heterocycles. The number of carbonyl (C=O) groups is 2. The molecule has 1 aliphatic rings. The first-order valence-corrected chi connectivity index (χ1v) is 11.3. The smallest absolute Gasteiger partial charge is 0.338 e. The Bertz CT molecular complexity index is 1480. The van der Waals surface area contributed by atoms with Gasteiger partial charge in [0.05, 0.1) is 22.4 Å². The Balaban J connectivity index is 1.88. The molecule has 0 bridgehead atoms. The SMILES string of the molecule is CCOC(=O)C1=C(C)N=c2s/c(=C\c3ccc(OC(C)=O)cc3)c(=O)n2C1c1ccccc1F. The fraction of sp³-hybridized carbons (Fsp3) is 0.200. The van der Waals surface area contributed by atoms with Gasteiger partial charge < -0.3 is 9.47 Å². The highest BCUT2D eigenvalue weighted by molar-refractivity contribution is 7.07. The molecular formula is C25H21FN2O5S. The number of fused-ring (bicyclic) bond motifs is 1. The highest BCUT2D eigenvalue weighted by Crippen LogP contribution is 2.32. The third kappa shape index (κ3) is 4.47. The standard InChI is InChI=1S/C25H21FN2O5S/c1-4-32-24(31)21-14(2)27-25-28(22(21)18-7-5-6-8-19(18)26)23(30)20(34-25)13-16-9-11-17(12-10-16)33-15(3)29/h5-13,22H,4H2,1-3H3/b20-13-. The van der Waals surface area contributed by atoms with Gasteiger partial charge in [-0.3, -0.25) is 14.2 Å². The second-order valence-electron chi connectivity index (χ2n) is 7.49. The van der Waals surface area contributed by atoms with E-state index in [1.165, 1.54) is 17.6 Å². The zero-order valence-electron chi connectivity index (χ0n) is 18.7. The highest BCUT2D eigenvalue weighted by atomic mass is 32.1. The van der Waals surface area contributed by atoms with Crippen LogP contribution in [0.25, 0.3) is 6.08 Å². The molecule has 1 aromatic heterocycles. The van der Waals surface area contributed by atoms with Crippen molar-refractivity contribution in [1.29, 1.82) is 0 Å². The van der Waals surface area contributed by atoms with Crippen LogP contribution in [0.15, 0.2) is 69.6 Å². The molecule has 3 aromatic rings. The maximum Gasteiger partial charge on any atom is 0.338 e. The summed E-state index contributed by atoms with van der Waals surface area (Å²) in [6, 6.07) is 11.7. The van der Waals surface area contributed by atoms with Crippen LogP contribution in [-0.4, -0.2) is 23.1 Å². The maximum atomic E-state index is 14.9. The lowest BCUT2D eigenvalue weighted by Crippen LogP contribution is -2.40. The molecule has 4 rings (SSSR count).